The standard InChI is InChI=1S/C8H10OS/c1-2-9-7-3-5-8(10)6-4-7/h3-6,10H,2H2,1H3. The number of benzene rings is 1. The molecule has 2 heteroatoms. The lowest BCUT2D eigenvalue weighted by Gasteiger charge is -2.00. The molecule has 0 radical (unpaired) electrons. The average molecular weight is 154 g/mol. The van der Waals surface area contributed by atoms with E-state index in [1.807, 2.05) is 31.2 Å². The van der Waals surface area contributed by atoms with Crippen LogP contribution in [0.1, 0.15) is 6.92 Å². The highest BCUT2D eigenvalue weighted by Crippen LogP contribution is 2.13. The molecule has 0 atom stereocenters. The van der Waals surface area contributed by atoms with Crippen LogP contribution in [0, 0.1) is 0 Å². The van der Waals surface area contributed by atoms with Gasteiger partial charge in [-0.2, -0.15) is 0 Å². The van der Waals surface area contributed by atoms with Crippen molar-refractivity contribution in [2.75, 3.05) is 6.61 Å². The summed E-state index contributed by atoms with van der Waals surface area (Å²) in [6.45, 7) is 2.68. The molecule has 0 saturated heterocycles. The second kappa shape index (κ2) is 3.52. The highest BCUT2D eigenvalue weighted by atomic mass is 32.1. The molecule has 1 aromatic rings. The summed E-state index contributed by atoms with van der Waals surface area (Å²) in [6.07, 6.45) is 0. The maximum Gasteiger partial charge on any atom is 0.119 e. The van der Waals surface area contributed by atoms with Gasteiger partial charge in [0.1, 0.15) is 5.75 Å². The van der Waals surface area contributed by atoms with Crippen LogP contribution in [0.25, 0.3) is 0 Å². The second-order valence-corrected chi connectivity index (χ2v) is 2.44. The van der Waals surface area contributed by atoms with Gasteiger partial charge >= 0.3 is 0 Å². The minimum Gasteiger partial charge on any atom is -0.494 e. The van der Waals surface area contributed by atoms with E-state index in [0.717, 1.165) is 10.6 Å². The monoisotopic (exact) mass is 154 g/mol. The van der Waals surface area contributed by atoms with Gasteiger partial charge in [-0.05, 0) is 31.2 Å². The predicted molar refractivity (Wildman–Crippen MR) is 44.9 cm³/mol. The van der Waals surface area contributed by atoms with Crippen LogP contribution in [0.5, 0.6) is 5.75 Å². The molecule has 1 rings (SSSR count). The van der Waals surface area contributed by atoms with Crippen molar-refractivity contribution in [3.8, 4) is 5.75 Å². The van der Waals surface area contributed by atoms with E-state index in [-0.39, 0.29) is 0 Å². The van der Waals surface area contributed by atoms with Crippen molar-refractivity contribution in [3.05, 3.63) is 24.3 Å². The highest BCUT2D eigenvalue weighted by Gasteiger charge is 1.88. The van der Waals surface area contributed by atoms with Gasteiger partial charge in [0.05, 0.1) is 6.61 Å². The molecule has 10 heavy (non-hydrogen) atoms. The average Bonchev–Trinajstić information content (AvgIpc) is 1.95. The van der Waals surface area contributed by atoms with Crippen molar-refractivity contribution < 1.29 is 4.74 Å². The second-order valence-electron chi connectivity index (χ2n) is 1.93. The largest absolute Gasteiger partial charge is 0.494 e. The van der Waals surface area contributed by atoms with Gasteiger partial charge in [-0.1, -0.05) is 0 Å². The molecular formula is C8H10OS. The molecule has 0 spiro atoms. The Kier molecular flexibility index (Phi) is 2.63. The van der Waals surface area contributed by atoms with Crippen LogP contribution in [0.4, 0.5) is 0 Å². The van der Waals surface area contributed by atoms with Crippen LogP contribution in [0.2, 0.25) is 0 Å². The Bertz CT molecular complexity index is 193. The summed E-state index contributed by atoms with van der Waals surface area (Å²) < 4.78 is 5.23. The Morgan fingerprint density at radius 1 is 1.30 bits per heavy atom. The third kappa shape index (κ3) is 1.95. The SMILES string of the molecule is CCOc1ccc(S)cc1. The van der Waals surface area contributed by atoms with Crippen LogP contribution >= 0.6 is 12.6 Å². The lowest BCUT2D eigenvalue weighted by atomic mass is 10.3. The number of ether oxygens (including phenoxy) is 1. The van der Waals surface area contributed by atoms with Gasteiger partial charge < -0.3 is 4.74 Å². The van der Waals surface area contributed by atoms with Crippen molar-refractivity contribution in [1.82, 2.24) is 0 Å². The fourth-order valence-electron chi connectivity index (χ4n) is 0.709. The zero-order valence-electron chi connectivity index (χ0n) is 5.87. The number of rotatable bonds is 2. The Morgan fingerprint density at radius 3 is 2.40 bits per heavy atom. The molecule has 1 aromatic carbocycles. The summed E-state index contributed by atoms with van der Waals surface area (Å²) in [6, 6.07) is 7.64. The van der Waals surface area contributed by atoms with E-state index in [1.165, 1.54) is 0 Å². The molecule has 0 fully saturated rings. The molecule has 0 aliphatic rings. The first-order valence-electron chi connectivity index (χ1n) is 3.24. The van der Waals surface area contributed by atoms with Crippen molar-refractivity contribution in [1.29, 1.82) is 0 Å². The number of hydrogen-bond acceptors (Lipinski definition) is 2. The topological polar surface area (TPSA) is 9.23 Å². The molecule has 0 amide bonds. The lowest BCUT2D eigenvalue weighted by molar-refractivity contribution is 0.340. The highest BCUT2D eigenvalue weighted by molar-refractivity contribution is 7.80. The smallest absolute Gasteiger partial charge is 0.119 e. The maximum absolute atomic E-state index is 5.23. The van der Waals surface area contributed by atoms with Crippen LogP contribution in [0.3, 0.4) is 0 Å². The van der Waals surface area contributed by atoms with Crippen LogP contribution in [-0.4, -0.2) is 6.61 Å². The summed E-state index contributed by atoms with van der Waals surface area (Å²) >= 11 is 4.14. The van der Waals surface area contributed by atoms with Crippen molar-refractivity contribution in [2.45, 2.75) is 11.8 Å². The van der Waals surface area contributed by atoms with Gasteiger partial charge in [0, 0.05) is 4.90 Å². The van der Waals surface area contributed by atoms with Gasteiger partial charge in [-0.25, -0.2) is 0 Å². The Balaban J connectivity index is 2.69. The quantitative estimate of drug-likeness (QED) is 0.643. The van der Waals surface area contributed by atoms with Gasteiger partial charge in [0.2, 0.25) is 0 Å². The molecular weight excluding hydrogens is 144 g/mol. The molecule has 0 N–H and O–H groups in total. The van der Waals surface area contributed by atoms with Crippen LogP contribution < -0.4 is 4.74 Å². The van der Waals surface area contributed by atoms with Crippen molar-refractivity contribution >= 4 is 12.6 Å². The summed E-state index contributed by atoms with van der Waals surface area (Å²) in [7, 11) is 0. The van der Waals surface area contributed by atoms with Crippen molar-refractivity contribution in [2.24, 2.45) is 0 Å². The summed E-state index contributed by atoms with van der Waals surface area (Å²) in [5.41, 5.74) is 0. The zero-order chi connectivity index (χ0) is 7.40. The minimum atomic E-state index is 0.714. The number of hydrogen-bond donors (Lipinski definition) is 1. The molecule has 0 heterocycles. The molecule has 0 unspecified atom stereocenters. The van der Waals surface area contributed by atoms with E-state index in [9.17, 15) is 0 Å². The van der Waals surface area contributed by atoms with E-state index in [2.05, 4.69) is 12.6 Å². The van der Waals surface area contributed by atoms with E-state index in [0.29, 0.717) is 6.61 Å². The summed E-state index contributed by atoms with van der Waals surface area (Å²) in [4.78, 5) is 0.962. The molecule has 0 saturated carbocycles. The maximum atomic E-state index is 5.23. The first-order valence-corrected chi connectivity index (χ1v) is 3.69. The zero-order valence-corrected chi connectivity index (χ0v) is 6.77. The number of thiol groups is 1. The minimum absolute atomic E-state index is 0.714. The van der Waals surface area contributed by atoms with E-state index in [4.69, 9.17) is 4.74 Å². The molecule has 1 nitrogen and oxygen atoms in total. The summed E-state index contributed by atoms with van der Waals surface area (Å²) in [5.74, 6) is 0.903. The van der Waals surface area contributed by atoms with Gasteiger partial charge in [0.15, 0.2) is 0 Å². The van der Waals surface area contributed by atoms with Gasteiger partial charge in [0.25, 0.3) is 0 Å². The summed E-state index contributed by atoms with van der Waals surface area (Å²) in [5, 5.41) is 0. The molecule has 0 aliphatic carbocycles. The first-order chi connectivity index (χ1) is 4.83. The third-order valence-electron chi connectivity index (χ3n) is 1.15. The van der Waals surface area contributed by atoms with Gasteiger partial charge in [-0.15, -0.1) is 12.6 Å². The fraction of sp³-hybridized carbons (Fsp3) is 0.250. The lowest BCUT2D eigenvalue weighted by Crippen LogP contribution is -1.89. The molecule has 0 aliphatic heterocycles. The van der Waals surface area contributed by atoms with Crippen LogP contribution in [-0.2, 0) is 0 Å². The Morgan fingerprint density at radius 2 is 1.90 bits per heavy atom. The molecule has 0 aromatic heterocycles. The Labute approximate surface area is 66.4 Å². The van der Waals surface area contributed by atoms with E-state index >= 15 is 0 Å². The van der Waals surface area contributed by atoms with Crippen molar-refractivity contribution in [3.63, 3.8) is 0 Å². The fourth-order valence-corrected chi connectivity index (χ4v) is 0.858. The van der Waals surface area contributed by atoms with E-state index < -0.39 is 0 Å². The van der Waals surface area contributed by atoms with Gasteiger partial charge in [-0.3, -0.25) is 0 Å². The Hall–Kier alpha value is -0.630. The first kappa shape index (κ1) is 7.48. The molecule has 54 valence electrons. The van der Waals surface area contributed by atoms with Crippen LogP contribution in [0.15, 0.2) is 29.2 Å². The molecule has 0 bridgehead atoms. The third-order valence-corrected chi connectivity index (χ3v) is 1.45. The predicted octanol–water partition coefficient (Wildman–Crippen LogP) is 2.37. The van der Waals surface area contributed by atoms with E-state index in [1.54, 1.807) is 0 Å². The normalized spacial score (nSPS) is 9.40.